The summed E-state index contributed by atoms with van der Waals surface area (Å²) in [6, 6.07) is 0. The molecular weight excluding hydrogens is 212 g/mol. The van der Waals surface area contributed by atoms with Gasteiger partial charge in [-0.2, -0.15) is 0 Å². The molecule has 17 heavy (non-hydrogen) atoms. The molecule has 7 aliphatic carbocycles. The van der Waals surface area contributed by atoms with Gasteiger partial charge in [-0.3, -0.25) is 0 Å². The Morgan fingerprint density at radius 3 is 2.00 bits per heavy atom. The van der Waals surface area contributed by atoms with E-state index in [1.165, 1.54) is 19.3 Å². The summed E-state index contributed by atoms with van der Waals surface area (Å²) in [6.45, 7) is 2.20. The first kappa shape index (κ1) is 9.80. The summed E-state index contributed by atoms with van der Waals surface area (Å²) in [5, 5.41) is 22.6. The van der Waals surface area contributed by atoms with E-state index in [0.29, 0.717) is 23.7 Å². The van der Waals surface area contributed by atoms with Crippen molar-refractivity contribution in [1.82, 2.24) is 0 Å². The molecule has 4 atom stereocenters. The van der Waals surface area contributed by atoms with Crippen LogP contribution >= 0.6 is 0 Å². The van der Waals surface area contributed by atoms with Crippen LogP contribution in [0.25, 0.3) is 0 Å². The van der Waals surface area contributed by atoms with E-state index in [1.54, 1.807) is 0 Å². The molecular formula is C15H22O2. The normalized spacial score (nSPS) is 74.6. The molecule has 0 aliphatic heterocycles. The van der Waals surface area contributed by atoms with Gasteiger partial charge in [0.1, 0.15) is 0 Å². The lowest BCUT2D eigenvalue weighted by atomic mass is 9.28. The van der Waals surface area contributed by atoms with Crippen molar-refractivity contribution >= 4 is 0 Å². The van der Waals surface area contributed by atoms with Gasteiger partial charge in [0.25, 0.3) is 0 Å². The molecule has 8 bridgehead atoms. The Balaban J connectivity index is 1.81. The number of rotatable bonds is 0. The van der Waals surface area contributed by atoms with Crippen LogP contribution in [0.3, 0.4) is 0 Å². The largest absolute Gasteiger partial charge is 0.389 e. The highest BCUT2D eigenvalue weighted by Gasteiger charge is 2.80. The van der Waals surface area contributed by atoms with Crippen LogP contribution in [-0.4, -0.2) is 21.4 Å². The van der Waals surface area contributed by atoms with Gasteiger partial charge in [0.2, 0.25) is 0 Å². The van der Waals surface area contributed by atoms with Crippen molar-refractivity contribution in [2.45, 2.75) is 56.7 Å². The molecule has 7 aliphatic rings. The van der Waals surface area contributed by atoms with E-state index >= 15 is 0 Å². The van der Waals surface area contributed by atoms with Gasteiger partial charge in [-0.1, -0.05) is 6.92 Å². The average Bonchev–Trinajstić information content (AvgIpc) is 2.26. The monoisotopic (exact) mass is 234 g/mol. The Bertz CT molecular complexity index is 389. The van der Waals surface area contributed by atoms with E-state index in [0.717, 1.165) is 25.2 Å². The number of hydrogen-bond acceptors (Lipinski definition) is 2. The molecule has 94 valence electrons. The lowest BCUT2D eigenvalue weighted by Gasteiger charge is -2.79. The van der Waals surface area contributed by atoms with Crippen LogP contribution in [-0.2, 0) is 0 Å². The zero-order valence-electron chi connectivity index (χ0n) is 10.5. The minimum atomic E-state index is -0.527. The first-order chi connectivity index (χ1) is 7.98. The fourth-order valence-electron chi connectivity index (χ4n) is 7.42. The second kappa shape index (κ2) is 2.34. The van der Waals surface area contributed by atoms with Crippen LogP contribution in [0.5, 0.6) is 0 Å². The summed E-state index contributed by atoms with van der Waals surface area (Å²) in [7, 11) is 0. The van der Waals surface area contributed by atoms with Gasteiger partial charge >= 0.3 is 0 Å². The fourth-order valence-corrected chi connectivity index (χ4v) is 7.42. The molecule has 7 fully saturated rings. The van der Waals surface area contributed by atoms with Crippen LogP contribution < -0.4 is 0 Å². The van der Waals surface area contributed by atoms with Crippen molar-refractivity contribution in [3.63, 3.8) is 0 Å². The highest BCUT2D eigenvalue weighted by Crippen LogP contribution is 2.78. The van der Waals surface area contributed by atoms with E-state index in [1.807, 2.05) is 0 Å². The third-order valence-electron chi connectivity index (χ3n) is 7.85. The first-order valence-electron chi connectivity index (χ1n) is 7.43. The summed E-state index contributed by atoms with van der Waals surface area (Å²) in [5.41, 5.74) is -1.24. The first-order valence-corrected chi connectivity index (χ1v) is 7.43. The van der Waals surface area contributed by atoms with Gasteiger partial charge in [-0.05, 0) is 68.1 Å². The maximum atomic E-state index is 11.3. The van der Waals surface area contributed by atoms with Crippen molar-refractivity contribution in [2.24, 2.45) is 35.0 Å². The Morgan fingerprint density at radius 2 is 1.41 bits per heavy atom. The maximum Gasteiger partial charge on any atom is 0.0762 e. The second-order valence-electron chi connectivity index (χ2n) is 8.11. The summed E-state index contributed by atoms with van der Waals surface area (Å²) in [6.07, 6.45) is 6.82. The van der Waals surface area contributed by atoms with E-state index in [-0.39, 0.29) is 5.41 Å². The highest BCUT2D eigenvalue weighted by molar-refractivity contribution is 5.29. The molecule has 0 aromatic heterocycles. The molecule has 0 heterocycles. The van der Waals surface area contributed by atoms with Gasteiger partial charge in [0, 0.05) is 5.41 Å². The summed E-state index contributed by atoms with van der Waals surface area (Å²) in [5.74, 6) is 3.07. The summed E-state index contributed by atoms with van der Waals surface area (Å²) >= 11 is 0. The standard InChI is InChI=1S/C15H22O2/c1-13-5-8-3-11-10-2-9(6-14(11,13)16)7-15(13,17)12(10)4-8/h8-12,16-17H,2-7H2,1H3. The highest BCUT2D eigenvalue weighted by atomic mass is 16.3. The van der Waals surface area contributed by atoms with Crippen molar-refractivity contribution in [1.29, 1.82) is 0 Å². The van der Waals surface area contributed by atoms with Crippen LogP contribution in [0.1, 0.15) is 45.4 Å². The topological polar surface area (TPSA) is 40.5 Å². The minimum absolute atomic E-state index is 0.191. The molecule has 0 amide bonds. The van der Waals surface area contributed by atoms with E-state index < -0.39 is 11.2 Å². The van der Waals surface area contributed by atoms with Crippen molar-refractivity contribution in [3.8, 4) is 0 Å². The Morgan fingerprint density at radius 1 is 0.824 bits per heavy atom. The Labute approximate surface area is 102 Å². The van der Waals surface area contributed by atoms with Gasteiger partial charge in [-0.15, -0.1) is 0 Å². The third kappa shape index (κ3) is 0.732. The van der Waals surface area contributed by atoms with Crippen LogP contribution in [0.4, 0.5) is 0 Å². The molecule has 2 N–H and O–H groups in total. The smallest absolute Gasteiger partial charge is 0.0762 e. The fraction of sp³-hybridized carbons (Fsp3) is 1.00. The van der Waals surface area contributed by atoms with Gasteiger partial charge in [0.15, 0.2) is 0 Å². The summed E-state index contributed by atoms with van der Waals surface area (Å²) in [4.78, 5) is 0. The molecule has 0 aromatic carbocycles. The SMILES string of the molecule is CC12CC3CC4C5CC(CC41O)CC2(O)C5C3. The van der Waals surface area contributed by atoms with E-state index in [2.05, 4.69) is 6.92 Å². The van der Waals surface area contributed by atoms with E-state index in [9.17, 15) is 10.2 Å². The molecule has 0 aromatic rings. The number of hydrogen-bond donors (Lipinski definition) is 2. The zero-order chi connectivity index (χ0) is 11.6. The maximum absolute atomic E-state index is 11.3. The van der Waals surface area contributed by atoms with Crippen molar-refractivity contribution in [3.05, 3.63) is 0 Å². The van der Waals surface area contributed by atoms with Gasteiger partial charge in [-0.25, -0.2) is 0 Å². The van der Waals surface area contributed by atoms with Crippen LogP contribution in [0, 0.1) is 35.0 Å². The van der Waals surface area contributed by atoms with Crippen molar-refractivity contribution < 1.29 is 10.2 Å². The van der Waals surface area contributed by atoms with Crippen LogP contribution in [0.15, 0.2) is 0 Å². The molecule has 2 heteroatoms. The lowest BCUT2D eigenvalue weighted by Crippen LogP contribution is -2.82. The second-order valence-corrected chi connectivity index (χ2v) is 8.11. The van der Waals surface area contributed by atoms with Crippen LogP contribution in [0.2, 0.25) is 0 Å². The Kier molecular flexibility index (Phi) is 1.35. The predicted molar refractivity (Wildman–Crippen MR) is 63.2 cm³/mol. The lowest BCUT2D eigenvalue weighted by molar-refractivity contribution is -0.385. The average molecular weight is 234 g/mol. The molecule has 4 unspecified atom stereocenters. The summed E-state index contributed by atoms with van der Waals surface area (Å²) < 4.78 is 0. The quantitative estimate of drug-likeness (QED) is 0.672. The minimum Gasteiger partial charge on any atom is -0.389 e. The zero-order valence-corrected chi connectivity index (χ0v) is 10.5. The molecule has 2 nitrogen and oxygen atoms in total. The van der Waals surface area contributed by atoms with E-state index in [4.69, 9.17) is 0 Å². The predicted octanol–water partition coefficient (Wildman–Crippen LogP) is 1.94. The number of aliphatic hydroxyl groups is 2. The van der Waals surface area contributed by atoms with Crippen molar-refractivity contribution in [2.75, 3.05) is 0 Å². The third-order valence-corrected chi connectivity index (χ3v) is 7.85. The van der Waals surface area contributed by atoms with Gasteiger partial charge < -0.3 is 10.2 Å². The molecule has 0 radical (unpaired) electrons. The Hall–Kier alpha value is -0.0800. The molecule has 0 spiro atoms. The molecule has 7 rings (SSSR count). The molecule has 0 saturated heterocycles. The molecule has 7 saturated carbocycles. The van der Waals surface area contributed by atoms with Gasteiger partial charge in [0.05, 0.1) is 11.2 Å².